The lowest BCUT2D eigenvalue weighted by Crippen LogP contribution is -2.38. The number of nitrogens with one attached hydrogen (secondary N) is 3. The lowest BCUT2D eigenvalue weighted by molar-refractivity contribution is -0.138. The van der Waals surface area contributed by atoms with E-state index in [9.17, 15) is 14.4 Å². The van der Waals surface area contributed by atoms with Gasteiger partial charge < -0.3 is 20.7 Å². The van der Waals surface area contributed by atoms with Crippen LogP contribution in [0.5, 0.6) is 0 Å². The number of halogens is 2. The molecule has 4 N–H and O–H groups in total. The summed E-state index contributed by atoms with van der Waals surface area (Å²) in [5.41, 5.74) is 1.39. The van der Waals surface area contributed by atoms with Gasteiger partial charge in [0.25, 0.3) is 5.91 Å². The van der Waals surface area contributed by atoms with Crippen LogP contribution >= 0.6 is 43.2 Å². The highest BCUT2D eigenvalue weighted by molar-refractivity contribution is 9.13. The summed E-state index contributed by atoms with van der Waals surface area (Å²) in [5.74, 6) is -1.55. The van der Waals surface area contributed by atoms with Crippen molar-refractivity contribution in [3.63, 3.8) is 0 Å². The minimum absolute atomic E-state index is 0.0122. The van der Waals surface area contributed by atoms with Crippen LogP contribution in [-0.2, 0) is 22.4 Å². The third-order valence-electron chi connectivity index (χ3n) is 4.06. The monoisotopic (exact) mass is 518 g/mol. The largest absolute Gasteiger partial charge is 0.481 e. The Kier molecular flexibility index (Phi) is 6.33. The Labute approximate surface area is 175 Å². The molecule has 0 spiro atoms. The van der Waals surface area contributed by atoms with Crippen molar-refractivity contribution < 1.29 is 19.5 Å². The summed E-state index contributed by atoms with van der Waals surface area (Å²) in [5, 5.41) is 14.8. The van der Waals surface area contributed by atoms with Gasteiger partial charge in [0.1, 0.15) is 5.69 Å². The molecule has 144 valence electrons. The molecular formula is C16H16Br2N4O4S. The Hall–Kier alpha value is -1.72. The summed E-state index contributed by atoms with van der Waals surface area (Å²) in [6.45, 7) is 0. The molecular weight excluding hydrogens is 504 g/mol. The number of anilines is 1. The number of thiazole rings is 1. The zero-order valence-corrected chi connectivity index (χ0v) is 18.0. The number of amides is 2. The Balaban J connectivity index is 1.58. The molecule has 0 unspecified atom stereocenters. The van der Waals surface area contributed by atoms with E-state index in [4.69, 9.17) is 5.11 Å². The van der Waals surface area contributed by atoms with Gasteiger partial charge in [-0.25, -0.2) is 4.98 Å². The topological polar surface area (TPSA) is 124 Å². The second-order valence-corrected chi connectivity index (χ2v) is 8.82. The third kappa shape index (κ3) is 5.17. The molecule has 0 aliphatic heterocycles. The van der Waals surface area contributed by atoms with Crippen molar-refractivity contribution in [2.24, 2.45) is 0 Å². The van der Waals surface area contributed by atoms with Gasteiger partial charge in [0, 0.05) is 23.8 Å². The summed E-state index contributed by atoms with van der Waals surface area (Å²) in [6, 6.07) is 1.70. The average molecular weight is 520 g/mol. The number of aliphatic carboxylic acids is 1. The Morgan fingerprint density at radius 2 is 2.11 bits per heavy atom. The minimum Gasteiger partial charge on any atom is -0.481 e. The molecule has 0 saturated carbocycles. The molecule has 8 nitrogen and oxygen atoms in total. The lowest BCUT2D eigenvalue weighted by Gasteiger charge is -2.22. The van der Waals surface area contributed by atoms with Gasteiger partial charge in [-0.15, -0.1) is 11.3 Å². The second-order valence-electron chi connectivity index (χ2n) is 6.09. The van der Waals surface area contributed by atoms with Gasteiger partial charge in [0.15, 0.2) is 5.13 Å². The van der Waals surface area contributed by atoms with E-state index < -0.39 is 5.97 Å². The van der Waals surface area contributed by atoms with Crippen LogP contribution in [0, 0.1) is 0 Å². The van der Waals surface area contributed by atoms with E-state index in [1.165, 1.54) is 11.3 Å². The first-order valence-electron chi connectivity index (χ1n) is 8.17. The van der Waals surface area contributed by atoms with E-state index in [-0.39, 0.29) is 30.7 Å². The molecule has 1 atom stereocenters. The smallest absolute Gasteiger partial charge is 0.303 e. The van der Waals surface area contributed by atoms with Crippen molar-refractivity contribution in [2.45, 2.75) is 38.1 Å². The summed E-state index contributed by atoms with van der Waals surface area (Å²) in [7, 11) is 0. The molecule has 0 radical (unpaired) electrons. The molecule has 3 rings (SSSR count). The predicted molar refractivity (Wildman–Crippen MR) is 107 cm³/mol. The quantitative estimate of drug-likeness (QED) is 0.466. The van der Waals surface area contributed by atoms with Gasteiger partial charge in [0.05, 0.1) is 21.2 Å². The summed E-state index contributed by atoms with van der Waals surface area (Å²) in [6.07, 6.45) is 1.82. The molecule has 0 aromatic carbocycles. The van der Waals surface area contributed by atoms with Crippen LogP contribution < -0.4 is 10.6 Å². The van der Waals surface area contributed by atoms with Crippen LogP contribution in [0.15, 0.2) is 15.1 Å². The highest BCUT2D eigenvalue weighted by atomic mass is 79.9. The van der Waals surface area contributed by atoms with E-state index in [1.807, 2.05) is 0 Å². The van der Waals surface area contributed by atoms with Gasteiger partial charge in [-0.05, 0) is 50.8 Å². The number of aromatic nitrogens is 2. The average Bonchev–Trinajstić information content (AvgIpc) is 3.15. The highest BCUT2D eigenvalue weighted by Gasteiger charge is 2.25. The number of rotatable bonds is 6. The first-order chi connectivity index (χ1) is 12.8. The van der Waals surface area contributed by atoms with Gasteiger partial charge in [-0.1, -0.05) is 0 Å². The van der Waals surface area contributed by atoms with E-state index in [1.54, 1.807) is 6.07 Å². The Bertz CT molecular complexity index is 876. The number of carbonyl (C=O) groups is 3. The van der Waals surface area contributed by atoms with Crippen LogP contribution in [0.1, 0.15) is 40.3 Å². The normalized spacial score (nSPS) is 15.9. The third-order valence-corrected chi connectivity index (χ3v) is 6.88. The molecule has 2 aromatic heterocycles. The molecule has 2 aromatic rings. The van der Waals surface area contributed by atoms with E-state index >= 15 is 0 Å². The Morgan fingerprint density at radius 3 is 2.78 bits per heavy atom. The zero-order chi connectivity index (χ0) is 19.6. The molecule has 2 amide bonds. The van der Waals surface area contributed by atoms with E-state index in [0.717, 1.165) is 21.5 Å². The molecule has 0 fully saturated rings. The first kappa shape index (κ1) is 20.0. The van der Waals surface area contributed by atoms with Crippen molar-refractivity contribution in [3.05, 3.63) is 31.4 Å². The molecule has 0 bridgehead atoms. The second kappa shape index (κ2) is 8.53. The van der Waals surface area contributed by atoms with Crippen molar-refractivity contribution in [1.82, 2.24) is 15.3 Å². The van der Waals surface area contributed by atoms with Crippen molar-refractivity contribution in [3.8, 4) is 0 Å². The number of carbonyl (C=O) groups excluding carboxylic acids is 2. The molecule has 1 aliphatic carbocycles. The maximum atomic E-state index is 12.4. The molecule has 0 saturated heterocycles. The first-order valence-corrected chi connectivity index (χ1v) is 10.6. The predicted octanol–water partition coefficient (Wildman–Crippen LogP) is 3.09. The Morgan fingerprint density at radius 1 is 1.33 bits per heavy atom. The maximum absolute atomic E-state index is 12.4. The van der Waals surface area contributed by atoms with Crippen LogP contribution in [0.4, 0.5) is 5.13 Å². The molecule has 1 aliphatic rings. The number of nitrogens with zero attached hydrogens (tertiary/aromatic N) is 1. The maximum Gasteiger partial charge on any atom is 0.303 e. The SMILES string of the molecule is O=C(O)CCC(=O)Nc1nc2c(s1)C[C@@H](NC(=O)c1cc(Br)c(Br)[nH]1)CC2. The van der Waals surface area contributed by atoms with Crippen LogP contribution in [0.2, 0.25) is 0 Å². The van der Waals surface area contributed by atoms with E-state index in [2.05, 4.69) is 52.5 Å². The summed E-state index contributed by atoms with van der Waals surface area (Å²) in [4.78, 5) is 43.0. The van der Waals surface area contributed by atoms with Gasteiger partial charge in [-0.2, -0.15) is 0 Å². The lowest BCUT2D eigenvalue weighted by atomic mass is 9.97. The highest BCUT2D eigenvalue weighted by Crippen LogP contribution is 2.30. The fourth-order valence-electron chi connectivity index (χ4n) is 2.74. The summed E-state index contributed by atoms with van der Waals surface area (Å²) >= 11 is 8.02. The number of carboxylic acids is 1. The standard InChI is InChI=1S/C16H16Br2N4O4S/c17-8-6-10(20-14(8)18)15(26)19-7-1-2-9-11(5-7)27-16(21-9)22-12(23)3-4-13(24)25/h6-7,20H,1-5H2,(H,19,26)(H,24,25)(H,21,22,23)/t7-/m0/s1. The number of fused-ring (bicyclic) bond motifs is 1. The molecule has 27 heavy (non-hydrogen) atoms. The fourth-order valence-corrected chi connectivity index (χ4v) is 4.50. The molecule has 11 heteroatoms. The number of aromatic amines is 1. The van der Waals surface area contributed by atoms with E-state index in [0.29, 0.717) is 28.3 Å². The van der Waals surface area contributed by atoms with Gasteiger partial charge >= 0.3 is 5.97 Å². The van der Waals surface area contributed by atoms with Gasteiger partial charge in [0.2, 0.25) is 5.91 Å². The van der Waals surface area contributed by atoms with Crippen molar-refractivity contribution in [2.75, 3.05) is 5.32 Å². The van der Waals surface area contributed by atoms with Crippen molar-refractivity contribution in [1.29, 1.82) is 0 Å². The van der Waals surface area contributed by atoms with Crippen LogP contribution in [0.25, 0.3) is 0 Å². The van der Waals surface area contributed by atoms with Crippen molar-refractivity contribution >= 4 is 66.1 Å². The molecule has 2 heterocycles. The number of hydrogen-bond donors (Lipinski definition) is 4. The number of aryl methyl sites for hydroxylation is 1. The zero-order valence-electron chi connectivity index (χ0n) is 14.0. The van der Waals surface area contributed by atoms with Crippen LogP contribution in [-0.4, -0.2) is 38.9 Å². The number of H-pyrrole nitrogens is 1. The summed E-state index contributed by atoms with van der Waals surface area (Å²) < 4.78 is 1.49. The van der Waals surface area contributed by atoms with Crippen LogP contribution in [0.3, 0.4) is 0 Å². The fraction of sp³-hybridized carbons (Fsp3) is 0.375. The number of hydrogen-bond acceptors (Lipinski definition) is 5. The minimum atomic E-state index is -1.01. The number of carboxylic acid groups (broad SMARTS) is 1. The van der Waals surface area contributed by atoms with Gasteiger partial charge in [-0.3, -0.25) is 14.4 Å².